The fourth-order valence-corrected chi connectivity index (χ4v) is 1.59. The van der Waals surface area contributed by atoms with Crippen molar-refractivity contribution in [1.82, 2.24) is 19.7 Å². The molecule has 0 atom stereocenters. The SMILES string of the molecule is CCCn1ncnc1CN(CC(=O)O)C(C)C. The van der Waals surface area contributed by atoms with E-state index >= 15 is 0 Å². The Labute approximate surface area is 101 Å². The number of carboxylic acid groups (broad SMARTS) is 1. The second kappa shape index (κ2) is 6.34. The van der Waals surface area contributed by atoms with Gasteiger partial charge in [-0.15, -0.1) is 0 Å². The third-order valence-corrected chi connectivity index (χ3v) is 2.54. The van der Waals surface area contributed by atoms with E-state index in [1.165, 1.54) is 6.33 Å². The van der Waals surface area contributed by atoms with E-state index in [-0.39, 0.29) is 12.6 Å². The first kappa shape index (κ1) is 13.6. The zero-order valence-electron chi connectivity index (χ0n) is 10.6. The summed E-state index contributed by atoms with van der Waals surface area (Å²) in [6, 6.07) is 0.165. The molecule has 1 heterocycles. The number of hydrogen-bond donors (Lipinski definition) is 1. The molecule has 0 spiro atoms. The highest BCUT2D eigenvalue weighted by atomic mass is 16.4. The van der Waals surface area contributed by atoms with Gasteiger partial charge in [0.15, 0.2) is 0 Å². The average Bonchev–Trinajstić information content (AvgIpc) is 2.64. The molecular formula is C11H20N4O2. The summed E-state index contributed by atoms with van der Waals surface area (Å²) in [6.07, 6.45) is 2.50. The van der Waals surface area contributed by atoms with Crippen LogP contribution in [0.15, 0.2) is 6.33 Å². The van der Waals surface area contributed by atoms with E-state index in [0.29, 0.717) is 6.54 Å². The summed E-state index contributed by atoms with van der Waals surface area (Å²) >= 11 is 0. The van der Waals surface area contributed by atoms with Gasteiger partial charge in [-0.25, -0.2) is 9.67 Å². The molecule has 6 nitrogen and oxygen atoms in total. The predicted octanol–water partition coefficient (Wildman–Crippen LogP) is 0.983. The summed E-state index contributed by atoms with van der Waals surface area (Å²) in [5.41, 5.74) is 0. The number of aliphatic carboxylic acids is 1. The lowest BCUT2D eigenvalue weighted by Crippen LogP contribution is -2.36. The van der Waals surface area contributed by atoms with Crippen LogP contribution in [-0.2, 0) is 17.9 Å². The van der Waals surface area contributed by atoms with E-state index in [0.717, 1.165) is 18.8 Å². The summed E-state index contributed by atoms with van der Waals surface area (Å²) in [5, 5.41) is 13.0. The molecule has 96 valence electrons. The number of rotatable bonds is 7. The smallest absolute Gasteiger partial charge is 0.317 e. The van der Waals surface area contributed by atoms with Gasteiger partial charge in [0.25, 0.3) is 0 Å². The van der Waals surface area contributed by atoms with Crippen molar-refractivity contribution >= 4 is 5.97 Å². The van der Waals surface area contributed by atoms with Crippen molar-refractivity contribution in [3.05, 3.63) is 12.2 Å². The molecule has 17 heavy (non-hydrogen) atoms. The quantitative estimate of drug-likeness (QED) is 0.769. The minimum atomic E-state index is -0.819. The van der Waals surface area contributed by atoms with Gasteiger partial charge >= 0.3 is 5.97 Å². The zero-order chi connectivity index (χ0) is 12.8. The van der Waals surface area contributed by atoms with Gasteiger partial charge in [0.05, 0.1) is 13.1 Å². The standard InChI is InChI=1S/C11H20N4O2/c1-4-5-15-10(12-8-13-15)6-14(9(2)3)7-11(16)17/h8-9H,4-7H2,1-3H3,(H,16,17). The molecule has 0 fully saturated rings. The highest BCUT2D eigenvalue weighted by Gasteiger charge is 2.16. The van der Waals surface area contributed by atoms with Crippen LogP contribution in [0.4, 0.5) is 0 Å². The summed E-state index contributed by atoms with van der Waals surface area (Å²) < 4.78 is 1.83. The van der Waals surface area contributed by atoms with E-state index in [9.17, 15) is 4.79 Å². The van der Waals surface area contributed by atoms with Crippen LogP contribution in [0.1, 0.15) is 33.0 Å². The van der Waals surface area contributed by atoms with Gasteiger partial charge in [0, 0.05) is 12.6 Å². The van der Waals surface area contributed by atoms with Gasteiger partial charge in [-0.3, -0.25) is 9.69 Å². The zero-order valence-corrected chi connectivity index (χ0v) is 10.6. The third-order valence-electron chi connectivity index (χ3n) is 2.54. The molecule has 0 amide bonds. The first-order chi connectivity index (χ1) is 8.04. The van der Waals surface area contributed by atoms with Gasteiger partial charge < -0.3 is 5.11 Å². The molecule has 1 N–H and O–H groups in total. The largest absolute Gasteiger partial charge is 0.480 e. The Balaban J connectivity index is 2.71. The topological polar surface area (TPSA) is 71.2 Å². The number of carboxylic acids is 1. The van der Waals surface area contributed by atoms with Crippen LogP contribution in [0, 0.1) is 0 Å². The van der Waals surface area contributed by atoms with Gasteiger partial charge in [0.2, 0.25) is 0 Å². The summed E-state index contributed by atoms with van der Waals surface area (Å²) in [6.45, 7) is 7.38. The molecule has 0 aromatic carbocycles. The predicted molar refractivity (Wildman–Crippen MR) is 63.5 cm³/mol. The van der Waals surface area contributed by atoms with Gasteiger partial charge in [-0.05, 0) is 20.3 Å². The molecule has 1 aromatic rings. The summed E-state index contributed by atoms with van der Waals surface area (Å²) in [5.74, 6) is 0.00190. The van der Waals surface area contributed by atoms with Crippen molar-refractivity contribution in [3.63, 3.8) is 0 Å². The molecule has 0 unspecified atom stereocenters. The van der Waals surface area contributed by atoms with E-state index < -0.39 is 5.97 Å². The molecule has 0 aliphatic carbocycles. The van der Waals surface area contributed by atoms with Crippen LogP contribution < -0.4 is 0 Å². The molecule has 0 aliphatic heterocycles. The van der Waals surface area contributed by atoms with E-state index in [4.69, 9.17) is 5.11 Å². The van der Waals surface area contributed by atoms with Crippen LogP contribution in [0.2, 0.25) is 0 Å². The van der Waals surface area contributed by atoms with Crippen LogP contribution in [0.25, 0.3) is 0 Å². The average molecular weight is 240 g/mol. The first-order valence-electron chi connectivity index (χ1n) is 5.87. The minimum absolute atomic E-state index is 0.0245. The number of aromatic nitrogens is 3. The maximum absolute atomic E-state index is 10.8. The highest BCUT2D eigenvalue weighted by molar-refractivity contribution is 5.69. The maximum atomic E-state index is 10.8. The number of aryl methyl sites for hydroxylation is 1. The molecule has 1 rings (SSSR count). The Morgan fingerprint density at radius 3 is 2.82 bits per heavy atom. The Morgan fingerprint density at radius 1 is 1.59 bits per heavy atom. The van der Waals surface area contributed by atoms with Gasteiger partial charge in [-0.1, -0.05) is 6.92 Å². The monoisotopic (exact) mass is 240 g/mol. The second-order valence-corrected chi connectivity index (χ2v) is 4.29. The van der Waals surface area contributed by atoms with Crippen molar-refractivity contribution in [2.75, 3.05) is 6.54 Å². The summed E-state index contributed by atoms with van der Waals surface area (Å²) in [7, 11) is 0. The Kier molecular flexibility index (Phi) is 5.09. The molecule has 6 heteroatoms. The van der Waals surface area contributed by atoms with Gasteiger partial charge in [0.1, 0.15) is 12.2 Å². The van der Waals surface area contributed by atoms with Crippen LogP contribution >= 0.6 is 0 Å². The maximum Gasteiger partial charge on any atom is 0.317 e. The minimum Gasteiger partial charge on any atom is -0.480 e. The van der Waals surface area contributed by atoms with E-state index in [1.54, 1.807) is 0 Å². The fraction of sp³-hybridized carbons (Fsp3) is 0.727. The third kappa shape index (κ3) is 4.14. The highest BCUT2D eigenvalue weighted by Crippen LogP contribution is 2.06. The van der Waals surface area contributed by atoms with Crippen LogP contribution in [0.3, 0.4) is 0 Å². The van der Waals surface area contributed by atoms with Crippen molar-refractivity contribution < 1.29 is 9.90 Å². The first-order valence-corrected chi connectivity index (χ1v) is 5.87. The molecule has 0 saturated carbocycles. The van der Waals surface area contributed by atoms with Crippen molar-refractivity contribution in [2.45, 2.75) is 46.3 Å². The molecule has 0 aliphatic rings. The molecule has 1 aromatic heterocycles. The van der Waals surface area contributed by atoms with Crippen molar-refractivity contribution in [1.29, 1.82) is 0 Å². The Morgan fingerprint density at radius 2 is 2.29 bits per heavy atom. The van der Waals surface area contributed by atoms with Crippen LogP contribution in [0.5, 0.6) is 0 Å². The van der Waals surface area contributed by atoms with E-state index in [1.807, 2.05) is 23.4 Å². The molecule has 0 bridgehead atoms. The van der Waals surface area contributed by atoms with Gasteiger partial charge in [-0.2, -0.15) is 5.10 Å². The lowest BCUT2D eigenvalue weighted by molar-refractivity contribution is -0.139. The number of hydrogen-bond acceptors (Lipinski definition) is 4. The van der Waals surface area contributed by atoms with Crippen molar-refractivity contribution in [2.24, 2.45) is 0 Å². The van der Waals surface area contributed by atoms with Crippen LogP contribution in [-0.4, -0.2) is 43.3 Å². The Hall–Kier alpha value is -1.43. The second-order valence-electron chi connectivity index (χ2n) is 4.29. The Bertz CT molecular complexity index is 362. The van der Waals surface area contributed by atoms with E-state index in [2.05, 4.69) is 17.0 Å². The number of nitrogens with zero attached hydrogens (tertiary/aromatic N) is 4. The lowest BCUT2D eigenvalue weighted by Gasteiger charge is -2.23. The fourth-order valence-electron chi connectivity index (χ4n) is 1.59. The molecule has 0 radical (unpaired) electrons. The summed E-state index contributed by atoms with van der Waals surface area (Å²) in [4.78, 5) is 16.8. The van der Waals surface area contributed by atoms with Crippen molar-refractivity contribution in [3.8, 4) is 0 Å². The number of carbonyl (C=O) groups is 1. The lowest BCUT2D eigenvalue weighted by atomic mass is 10.3. The normalized spacial score (nSPS) is 11.4. The molecular weight excluding hydrogens is 220 g/mol. The molecule has 0 saturated heterocycles.